The van der Waals surface area contributed by atoms with Gasteiger partial charge in [0.1, 0.15) is 0 Å². The predicted octanol–water partition coefficient (Wildman–Crippen LogP) is 0.709. The van der Waals surface area contributed by atoms with Crippen LogP contribution in [0.1, 0.15) is 37.0 Å². The third-order valence-electron chi connectivity index (χ3n) is 2.41. The maximum Gasteiger partial charge on any atom is 0.274 e. The summed E-state index contributed by atoms with van der Waals surface area (Å²) >= 11 is 0. The molecule has 1 heterocycles. The monoisotopic (exact) mass is 240 g/mol. The van der Waals surface area contributed by atoms with Gasteiger partial charge in [-0.25, -0.2) is 0 Å². The number of carbonyl (C=O) groups is 1. The summed E-state index contributed by atoms with van der Waals surface area (Å²) in [6, 6.07) is 0. The summed E-state index contributed by atoms with van der Waals surface area (Å²) in [6.07, 6.45) is 0.716. The van der Waals surface area contributed by atoms with Gasteiger partial charge in [0.05, 0.1) is 23.5 Å². The molecule has 96 valence electrons. The first-order chi connectivity index (χ1) is 7.91. The minimum atomic E-state index is -0.455. The van der Waals surface area contributed by atoms with Crippen LogP contribution in [0.15, 0.2) is 0 Å². The van der Waals surface area contributed by atoms with E-state index in [0.29, 0.717) is 18.7 Å². The van der Waals surface area contributed by atoms with Gasteiger partial charge < -0.3 is 15.8 Å². The van der Waals surface area contributed by atoms with Crippen LogP contribution in [0.5, 0.6) is 0 Å². The van der Waals surface area contributed by atoms with Crippen molar-refractivity contribution >= 4 is 11.6 Å². The number of aromatic amines is 1. The predicted molar refractivity (Wildman–Crippen MR) is 65.8 cm³/mol. The third-order valence-corrected chi connectivity index (χ3v) is 2.41. The minimum Gasteiger partial charge on any atom is -0.395 e. The largest absolute Gasteiger partial charge is 0.395 e. The van der Waals surface area contributed by atoms with Crippen molar-refractivity contribution in [3.8, 4) is 0 Å². The SMILES string of the molecule is CCc1[nH]nc(C(=O)NC(C)(C)COC)c1N. The van der Waals surface area contributed by atoms with E-state index in [2.05, 4.69) is 15.5 Å². The number of hydrogen-bond donors (Lipinski definition) is 3. The number of nitrogens with zero attached hydrogens (tertiary/aromatic N) is 1. The second-order valence-corrected chi connectivity index (χ2v) is 4.59. The smallest absolute Gasteiger partial charge is 0.274 e. The summed E-state index contributed by atoms with van der Waals surface area (Å²) < 4.78 is 5.03. The van der Waals surface area contributed by atoms with Crippen molar-refractivity contribution in [2.24, 2.45) is 0 Å². The number of nitrogens with one attached hydrogen (secondary N) is 2. The summed E-state index contributed by atoms with van der Waals surface area (Å²) in [5, 5.41) is 9.51. The fourth-order valence-corrected chi connectivity index (χ4v) is 1.59. The molecule has 0 bridgehead atoms. The first-order valence-electron chi connectivity index (χ1n) is 5.55. The highest BCUT2D eigenvalue weighted by molar-refractivity contribution is 5.98. The molecule has 0 saturated carbocycles. The van der Waals surface area contributed by atoms with Crippen molar-refractivity contribution < 1.29 is 9.53 Å². The van der Waals surface area contributed by atoms with Crippen molar-refractivity contribution in [2.45, 2.75) is 32.7 Å². The molecule has 1 aromatic rings. The third kappa shape index (κ3) is 3.20. The molecule has 0 spiro atoms. The lowest BCUT2D eigenvalue weighted by Crippen LogP contribution is -2.47. The van der Waals surface area contributed by atoms with E-state index in [0.717, 1.165) is 5.69 Å². The van der Waals surface area contributed by atoms with Crippen molar-refractivity contribution in [1.82, 2.24) is 15.5 Å². The number of nitrogen functional groups attached to an aromatic ring is 1. The molecule has 6 heteroatoms. The Kier molecular flexibility index (Phi) is 4.11. The molecule has 0 atom stereocenters. The van der Waals surface area contributed by atoms with Gasteiger partial charge in [0.2, 0.25) is 0 Å². The number of ether oxygens (including phenoxy) is 1. The van der Waals surface area contributed by atoms with Crippen LogP contribution in [0.2, 0.25) is 0 Å². The van der Waals surface area contributed by atoms with Crippen molar-refractivity contribution in [2.75, 3.05) is 19.5 Å². The summed E-state index contributed by atoms with van der Waals surface area (Å²) in [4.78, 5) is 12.0. The highest BCUT2D eigenvalue weighted by Gasteiger charge is 2.24. The van der Waals surface area contributed by atoms with Gasteiger partial charge in [-0.3, -0.25) is 9.89 Å². The van der Waals surface area contributed by atoms with Crippen LogP contribution < -0.4 is 11.1 Å². The molecule has 0 unspecified atom stereocenters. The number of amides is 1. The Labute approximate surface area is 101 Å². The zero-order valence-electron chi connectivity index (χ0n) is 10.8. The topological polar surface area (TPSA) is 93.0 Å². The van der Waals surface area contributed by atoms with Crippen LogP contribution in [-0.2, 0) is 11.2 Å². The molecule has 0 aliphatic carbocycles. The molecule has 1 amide bonds. The van der Waals surface area contributed by atoms with Crippen LogP contribution in [0.25, 0.3) is 0 Å². The van der Waals surface area contributed by atoms with E-state index in [1.165, 1.54) is 0 Å². The van der Waals surface area contributed by atoms with Gasteiger partial charge in [-0.2, -0.15) is 5.10 Å². The van der Waals surface area contributed by atoms with Crippen molar-refractivity contribution in [3.05, 3.63) is 11.4 Å². The Morgan fingerprint density at radius 3 is 2.71 bits per heavy atom. The van der Waals surface area contributed by atoms with Gasteiger partial charge >= 0.3 is 0 Å². The highest BCUT2D eigenvalue weighted by atomic mass is 16.5. The van der Waals surface area contributed by atoms with Crippen molar-refractivity contribution in [3.63, 3.8) is 0 Å². The Hall–Kier alpha value is -1.56. The number of aromatic nitrogens is 2. The lowest BCUT2D eigenvalue weighted by Gasteiger charge is -2.24. The van der Waals surface area contributed by atoms with Crippen LogP contribution in [0.4, 0.5) is 5.69 Å². The number of rotatable bonds is 5. The average molecular weight is 240 g/mol. The zero-order valence-corrected chi connectivity index (χ0v) is 10.8. The molecule has 4 N–H and O–H groups in total. The molecular weight excluding hydrogens is 220 g/mol. The van der Waals surface area contributed by atoms with E-state index in [-0.39, 0.29) is 11.6 Å². The van der Waals surface area contributed by atoms with Crippen molar-refractivity contribution in [1.29, 1.82) is 0 Å². The molecule has 0 aliphatic heterocycles. The summed E-state index contributed by atoms with van der Waals surface area (Å²) in [6.45, 7) is 6.11. The maximum absolute atomic E-state index is 12.0. The van der Waals surface area contributed by atoms with Gasteiger partial charge in [-0.1, -0.05) is 6.92 Å². The number of nitrogens with two attached hydrogens (primary N) is 1. The van der Waals surface area contributed by atoms with Crippen LogP contribution in [0.3, 0.4) is 0 Å². The van der Waals surface area contributed by atoms with E-state index >= 15 is 0 Å². The first kappa shape index (κ1) is 13.5. The van der Waals surface area contributed by atoms with Gasteiger partial charge in [0.15, 0.2) is 5.69 Å². The molecule has 17 heavy (non-hydrogen) atoms. The Balaban J connectivity index is 2.80. The molecule has 1 rings (SSSR count). The quantitative estimate of drug-likeness (QED) is 0.706. The molecule has 1 aromatic heterocycles. The Morgan fingerprint density at radius 2 is 2.24 bits per heavy atom. The second kappa shape index (κ2) is 5.18. The van der Waals surface area contributed by atoms with Crippen LogP contribution in [-0.4, -0.2) is 35.4 Å². The molecule has 0 aromatic carbocycles. The summed E-state index contributed by atoms with van der Waals surface area (Å²) in [5.41, 5.74) is 6.80. The average Bonchev–Trinajstić information content (AvgIpc) is 2.58. The fourth-order valence-electron chi connectivity index (χ4n) is 1.59. The lowest BCUT2D eigenvalue weighted by molar-refractivity contribution is 0.0816. The number of carbonyl (C=O) groups excluding carboxylic acids is 1. The van der Waals surface area contributed by atoms with E-state index in [1.807, 2.05) is 20.8 Å². The molecule has 0 saturated heterocycles. The summed E-state index contributed by atoms with van der Waals surface area (Å²) in [7, 11) is 1.59. The van der Waals surface area contributed by atoms with Gasteiger partial charge in [0.25, 0.3) is 5.91 Å². The second-order valence-electron chi connectivity index (χ2n) is 4.59. The number of methoxy groups -OCH3 is 1. The van der Waals surface area contributed by atoms with Crippen LogP contribution >= 0.6 is 0 Å². The van der Waals surface area contributed by atoms with E-state index in [4.69, 9.17) is 10.5 Å². The molecule has 0 radical (unpaired) electrons. The Morgan fingerprint density at radius 1 is 1.59 bits per heavy atom. The van der Waals surface area contributed by atoms with E-state index in [9.17, 15) is 4.79 Å². The molecule has 6 nitrogen and oxygen atoms in total. The number of hydrogen-bond acceptors (Lipinski definition) is 4. The lowest BCUT2D eigenvalue weighted by atomic mass is 10.1. The van der Waals surface area contributed by atoms with Gasteiger partial charge in [-0.15, -0.1) is 0 Å². The van der Waals surface area contributed by atoms with Gasteiger partial charge in [0, 0.05) is 7.11 Å². The molecular formula is C11H20N4O2. The number of anilines is 1. The fraction of sp³-hybridized carbons (Fsp3) is 0.636. The van der Waals surface area contributed by atoms with Crippen LogP contribution in [0, 0.1) is 0 Å². The summed E-state index contributed by atoms with van der Waals surface area (Å²) in [5.74, 6) is -0.291. The highest BCUT2D eigenvalue weighted by Crippen LogP contribution is 2.15. The molecule has 0 aliphatic rings. The standard InChI is InChI=1S/C11H20N4O2/c1-5-7-8(12)9(15-14-7)10(16)13-11(2,3)6-17-4/h5-6,12H2,1-4H3,(H,13,16)(H,14,15). The minimum absolute atomic E-state index is 0.242. The maximum atomic E-state index is 12.0. The zero-order chi connectivity index (χ0) is 13.1. The van der Waals surface area contributed by atoms with Gasteiger partial charge in [-0.05, 0) is 20.3 Å². The number of aryl methyl sites for hydroxylation is 1. The Bertz CT molecular complexity index is 398. The number of H-pyrrole nitrogens is 1. The molecule has 0 fully saturated rings. The first-order valence-corrected chi connectivity index (χ1v) is 5.55. The van der Waals surface area contributed by atoms with E-state index < -0.39 is 5.54 Å². The normalized spacial score (nSPS) is 11.5. The van der Waals surface area contributed by atoms with E-state index in [1.54, 1.807) is 7.11 Å².